The van der Waals surface area contributed by atoms with Crippen molar-refractivity contribution in [1.29, 1.82) is 0 Å². The molecule has 0 saturated carbocycles. The number of halogens is 2. The first-order chi connectivity index (χ1) is 40.0. The maximum Gasteiger partial charge on any atom is 0.251 e. The van der Waals surface area contributed by atoms with E-state index in [9.17, 15) is 19.2 Å². The van der Waals surface area contributed by atoms with Crippen molar-refractivity contribution < 1.29 is 19.2 Å². The quantitative estimate of drug-likeness (QED) is 0.0595. The predicted molar refractivity (Wildman–Crippen MR) is 335 cm³/mol. The third-order valence-corrected chi connectivity index (χ3v) is 18.0. The Morgan fingerprint density at radius 3 is 1.27 bits per heavy atom. The smallest absolute Gasteiger partial charge is 0.251 e. The maximum absolute atomic E-state index is 13.9. The standard InChI is InChI=1S/2C34H43ClN4O2/c2*1-2-25(26-9-5-3-6-10-26)24-39-20-15-31(37-32(34(39)41)16-19-38-17-7-4-8-18-38)23-36-33(40)29-12-11-28-22-30(35)14-13-27(28)21-29/h2*3,5-6,9-14,21-22,25,31-32,37H,2,4,7-8,15-20,23-24H2,1H3,(H,36,40)/t2*25?,31-,32-/m11/s1. The van der Waals surface area contributed by atoms with Crippen LogP contribution in [0.25, 0.3) is 21.5 Å². The Balaban J connectivity index is 0.000000198. The number of nitrogens with one attached hydrogen (secondary N) is 4. The molecular weight excluding hydrogens is 1060 g/mol. The lowest BCUT2D eigenvalue weighted by Gasteiger charge is -2.31. The summed E-state index contributed by atoms with van der Waals surface area (Å²) in [5.41, 5.74) is 3.82. The normalized spacial score (nSPS) is 21.0. The number of benzene rings is 6. The third kappa shape index (κ3) is 17.1. The largest absolute Gasteiger partial charge is 0.350 e. The van der Waals surface area contributed by atoms with Crippen molar-refractivity contribution in [3.05, 3.63) is 166 Å². The monoisotopic (exact) mass is 1150 g/mol. The van der Waals surface area contributed by atoms with Crippen LogP contribution in [0.2, 0.25) is 10.0 Å². The van der Waals surface area contributed by atoms with Gasteiger partial charge >= 0.3 is 0 Å². The highest BCUT2D eigenvalue weighted by Crippen LogP contribution is 2.27. The fourth-order valence-corrected chi connectivity index (χ4v) is 12.9. The summed E-state index contributed by atoms with van der Waals surface area (Å²) in [5.74, 6) is 0.799. The van der Waals surface area contributed by atoms with Gasteiger partial charge in [-0.25, -0.2) is 0 Å². The van der Waals surface area contributed by atoms with Gasteiger partial charge in [0.05, 0.1) is 12.1 Å². The van der Waals surface area contributed by atoms with Gasteiger partial charge in [0, 0.05) is 97.4 Å². The summed E-state index contributed by atoms with van der Waals surface area (Å²) in [6.45, 7) is 14.5. The molecule has 6 atom stereocenters. The number of likely N-dealkylation sites (tertiary alicyclic amines) is 2. The van der Waals surface area contributed by atoms with Crippen molar-refractivity contribution in [2.45, 2.75) is 127 Å². The highest BCUT2D eigenvalue weighted by atomic mass is 35.5. The van der Waals surface area contributed by atoms with E-state index >= 15 is 0 Å². The first-order valence-corrected chi connectivity index (χ1v) is 31.3. The van der Waals surface area contributed by atoms with Gasteiger partial charge in [-0.15, -0.1) is 0 Å². The summed E-state index contributed by atoms with van der Waals surface area (Å²) in [6.07, 6.45) is 12.7. The molecule has 0 aromatic heterocycles. The average molecular weight is 1150 g/mol. The Bertz CT molecular complexity index is 2820. The Hall–Kier alpha value is -5.86. The van der Waals surface area contributed by atoms with Gasteiger partial charge < -0.3 is 40.9 Å². The fraction of sp³-hybridized carbons (Fsp3) is 0.471. The van der Waals surface area contributed by atoms with Crippen molar-refractivity contribution in [1.82, 2.24) is 40.9 Å². The molecule has 82 heavy (non-hydrogen) atoms. The first-order valence-electron chi connectivity index (χ1n) is 30.6. The zero-order valence-corrected chi connectivity index (χ0v) is 49.8. The van der Waals surface area contributed by atoms with Crippen LogP contribution in [-0.4, -0.2) is 146 Å². The van der Waals surface area contributed by atoms with Gasteiger partial charge in [-0.3, -0.25) is 19.2 Å². The van der Waals surface area contributed by atoms with E-state index in [-0.39, 0.29) is 47.8 Å². The number of hydrogen-bond acceptors (Lipinski definition) is 8. The Labute approximate surface area is 497 Å². The van der Waals surface area contributed by atoms with Crippen molar-refractivity contribution in [3.8, 4) is 0 Å². The molecule has 0 radical (unpaired) electrons. The molecular formula is C68H86Cl2N8O4. The average Bonchev–Trinajstić information content (AvgIpc) is 3.80. The summed E-state index contributed by atoms with van der Waals surface area (Å²) >= 11 is 12.2. The van der Waals surface area contributed by atoms with Crippen LogP contribution in [0.3, 0.4) is 0 Å². The molecule has 436 valence electrons. The lowest BCUT2D eigenvalue weighted by atomic mass is 9.95. The lowest BCUT2D eigenvalue weighted by molar-refractivity contribution is -0.134. The van der Waals surface area contributed by atoms with E-state index in [4.69, 9.17) is 23.2 Å². The van der Waals surface area contributed by atoms with Gasteiger partial charge in [0.15, 0.2) is 0 Å². The fourth-order valence-electron chi connectivity index (χ4n) is 12.5. The molecule has 12 nitrogen and oxygen atoms in total. The molecule has 4 amide bonds. The second-order valence-corrected chi connectivity index (χ2v) is 24.1. The van der Waals surface area contributed by atoms with E-state index in [0.717, 1.165) is 112 Å². The van der Waals surface area contributed by atoms with E-state index in [0.29, 0.717) is 59.2 Å². The van der Waals surface area contributed by atoms with Gasteiger partial charge in [0.2, 0.25) is 11.8 Å². The van der Waals surface area contributed by atoms with E-state index < -0.39 is 0 Å². The molecule has 4 fully saturated rings. The number of rotatable bonds is 20. The van der Waals surface area contributed by atoms with Crippen LogP contribution in [-0.2, 0) is 9.59 Å². The zero-order chi connectivity index (χ0) is 57.2. The van der Waals surface area contributed by atoms with Gasteiger partial charge in [-0.1, -0.05) is 135 Å². The van der Waals surface area contributed by atoms with Crippen molar-refractivity contribution in [2.24, 2.45) is 0 Å². The van der Waals surface area contributed by atoms with E-state index in [2.05, 4.69) is 103 Å². The predicted octanol–water partition coefficient (Wildman–Crippen LogP) is 11.7. The molecule has 4 aliphatic rings. The maximum atomic E-state index is 13.9. The highest BCUT2D eigenvalue weighted by molar-refractivity contribution is 6.31. The van der Waals surface area contributed by atoms with E-state index in [1.807, 2.05) is 84.9 Å². The van der Waals surface area contributed by atoms with Crippen LogP contribution in [0, 0.1) is 0 Å². The number of carbonyl (C=O) groups is 4. The second-order valence-electron chi connectivity index (χ2n) is 23.2. The zero-order valence-electron chi connectivity index (χ0n) is 48.3. The lowest BCUT2D eigenvalue weighted by Crippen LogP contribution is -2.50. The minimum absolute atomic E-state index is 0.0234. The number of piperidine rings is 2. The van der Waals surface area contributed by atoms with Crippen LogP contribution in [0.5, 0.6) is 0 Å². The SMILES string of the molecule is CCC(CN1CC[C@H](CNC(=O)c2ccc3cc(Cl)ccc3c2)N[C@H](CCN2CCCCC2)C1=O)c1ccccc1.CCC(CN1CC[C@H](CNC(=O)c2ccc3cc(Cl)ccc3c2)N[C@H](CCN2CCCCC2)C1=O)c1ccccc1. The molecule has 6 aromatic carbocycles. The Kier molecular flexibility index (Phi) is 22.7. The molecule has 6 aromatic rings. The summed E-state index contributed by atoms with van der Waals surface area (Å²) in [7, 11) is 0. The topological polar surface area (TPSA) is 129 Å². The minimum atomic E-state index is -0.250. The molecule has 4 N–H and O–H groups in total. The Morgan fingerprint density at radius 1 is 0.500 bits per heavy atom. The van der Waals surface area contributed by atoms with Crippen molar-refractivity contribution in [2.75, 3.05) is 78.5 Å². The molecule has 2 unspecified atom stereocenters. The number of carbonyl (C=O) groups excluding carboxylic acids is 4. The number of hydrogen-bond donors (Lipinski definition) is 4. The molecule has 4 saturated heterocycles. The van der Waals surface area contributed by atoms with Gasteiger partial charge in [-0.2, -0.15) is 0 Å². The second kappa shape index (κ2) is 30.6. The van der Waals surface area contributed by atoms with Crippen LogP contribution in [0.4, 0.5) is 0 Å². The molecule has 4 heterocycles. The van der Waals surface area contributed by atoms with Crippen LogP contribution < -0.4 is 21.3 Å². The molecule has 14 heteroatoms. The summed E-state index contributed by atoms with van der Waals surface area (Å²) in [6, 6.07) is 43.4. The van der Waals surface area contributed by atoms with Crippen LogP contribution in [0.15, 0.2) is 133 Å². The van der Waals surface area contributed by atoms with Gasteiger partial charge in [0.1, 0.15) is 0 Å². The van der Waals surface area contributed by atoms with Crippen molar-refractivity contribution in [3.63, 3.8) is 0 Å². The van der Waals surface area contributed by atoms with E-state index in [1.165, 1.54) is 49.7 Å². The molecule has 0 aliphatic carbocycles. The molecule has 4 aliphatic heterocycles. The minimum Gasteiger partial charge on any atom is -0.350 e. The van der Waals surface area contributed by atoms with Gasteiger partial charge in [0.25, 0.3) is 11.8 Å². The third-order valence-electron chi connectivity index (χ3n) is 17.5. The summed E-state index contributed by atoms with van der Waals surface area (Å²) in [5, 5.41) is 19.0. The molecule has 10 rings (SSSR count). The highest BCUT2D eigenvalue weighted by Gasteiger charge is 2.34. The summed E-state index contributed by atoms with van der Waals surface area (Å²) < 4.78 is 0. The Morgan fingerprint density at radius 2 is 0.878 bits per heavy atom. The molecule has 0 spiro atoms. The number of amides is 4. The van der Waals surface area contributed by atoms with Crippen molar-refractivity contribution >= 4 is 68.4 Å². The first kappa shape index (κ1) is 60.7. The van der Waals surface area contributed by atoms with Crippen LogP contribution in [0.1, 0.15) is 135 Å². The summed E-state index contributed by atoms with van der Waals surface area (Å²) in [4.78, 5) is 63.2. The van der Waals surface area contributed by atoms with Crippen LogP contribution >= 0.6 is 23.2 Å². The van der Waals surface area contributed by atoms with E-state index in [1.54, 1.807) is 0 Å². The van der Waals surface area contributed by atoms with Gasteiger partial charge in [-0.05, 0) is 172 Å². The number of nitrogens with zero attached hydrogens (tertiary/aromatic N) is 4. The number of fused-ring (bicyclic) bond motifs is 2. The molecule has 0 bridgehead atoms.